The highest BCUT2D eigenvalue weighted by Crippen LogP contribution is 2.42. The molecule has 0 unspecified atom stereocenters. The largest absolute Gasteiger partial charge is 0.416 e. The number of hydrogen-bond acceptors (Lipinski definition) is 3. The van der Waals surface area contributed by atoms with E-state index in [4.69, 9.17) is 5.11 Å². The second-order valence-electron chi connectivity index (χ2n) is 5.95. The van der Waals surface area contributed by atoms with Gasteiger partial charge in [0.15, 0.2) is 0 Å². The number of alkyl halides is 8. The zero-order valence-electron chi connectivity index (χ0n) is 13.3. The molecule has 3 nitrogen and oxygen atoms in total. The van der Waals surface area contributed by atoms with Crippen LogP contribution in [0, 0.1) is 0 Å². The number of piperazine rings is 1. The summed E-state index contributed by atoms with van der Waals surface area (Å²) in [6.07, 6.45) is -10.3. The lowest BCUT2D eigenvalue weighted by molar-refractivity contribution is -0.144. The molecule has 148 valence electrons. The molecule has 0 saturated carbocycles. The summed E-state index contributed by atoms with van der Waals surface area (Å²) in [7, 11) is 0. The van der Waals surface area contributed by atoms with Gasteiger partial charge in [-0.2, -0.15) is 26.3 Å². The molecule has 1 atom stereocenters. The zero-order valence-corrected chi connectivity index (χ0v) is 13.3. The van der Waals surface area contributed by atoms with Gasteiger partial charge in [0.2, 0.25) is 0 Å². The molecule has 0 spiro atoms. The van der Waals surface area contributed by atoms with E-state index in [1.54, 1.807) is 0 Å². The number of rotatable bonds is 4. The van der Waals surface area contributed by atoms with E-state index in [1.807, 2.05) is 0 Å². The van der Waals surface area contributed by atoms with Crippen LogP contribution in [0.1, 0.15) is 22.7 Å². The molecule has 0 radical (unpaired) electrons. The predicted molar refractivity (Wildman–Crippen MR) is 75.7 cm³/mol. The minimum absolute atomic E-state index is 0.0160. The summed E-state index contributed by atoms with van der Waals surface area (Å²) in [5, 5.41) is 11.8. The lowest BCUT2D eigenvalue weighted by Gasteiger charge is -2.39. The van der Waals surface area contributed by atoms with E-state index < -0.39 is 47.6 Å². The van der Waals surface area contributed by atoms with Gasteiger partial charge in [0.1, 0.15) is 12.6 Å². The first-order chi connectivity index (χ1) is 11.9. The van der Waals surface area contributed by atoms with Crippen LogP contribution in [-0.4, -0.2) is 48.7 Å². The molecule has 0 aliphatic carbocycles. The Morgan fingerprint density at radius 1 is 0.885 bits per heavy atom. The quantitative estimate of drug-likeness (QED) is 0.772. The van der Waals surface area contributed by atoms with Crippen LogP contribution < -0.4 is 5.32 Å². The minimum Gasteiger partial charge on any atom is -0.390 e. The summed E-state index contributed by atoms with van der Waals surface area (Å²) in [5.74, 6) is -3.93. The first-order valence-corrected chi connectivity index (χ1v) is 7.59. The summed E-state index contributed by atoms with van der Waals surface area (Å²) in [6, 6.07) is -1.66. The SMILES string of the molecule is OCC(F)(F)[C@@H](c1cc(C(F)(F)F)cc(C(F)(F)F)c1)N1CCNCC1. The Kier molecular flexibility index (Phi) is 5.83. The van der Waals surface area contributed by atoms with E-state index in [0.29, 0.717) is 0 Å². The van der Waals surface area contributed by atoms with Crippen molar-refractivity contribution < 1.29 is 40.2 Å². The Bertz CT molecular complexity index is 591. The maximum atomic E-state index is 14.3. The highest BCUT2D eigenvalue weighted by atomic mass is 19.4. The fourth-order valence-electron chi connectivity index (χ4n) is 2.89. The highest BCUT2D eigenvalue weighted by Gasteiger charge is 2.46. The number of aliphatic hydroxyl groups is 1. The lowest BCUT2D eigenvalue weighted by Crippen LogP contribution is -2.51. The van der Waals surface area contributed by atoms with Gasteiger partial charge in [-0.15, -0.1) is 0 Å². The van der Waals surface area contributed by atoms with Gasteiger partial charge in [-0.25, -0.2) is 8.78 Å². The second kappa shape index (κ2) is 7.28. The monoisotopic (exact) mass is 392 g/mol. The van der Waals surface area contributed by atoms with E-state index in [-0.39, 0.29) is 44.4 Å². The first kappa shape index (κ1) is 20.8. The summed E-state index contributed by atoms with van der Waals surface area (Å²) < 4.78 is 106. The molecule has 1 fully saturated rings. The van der Waals surface area contributed by atoms with Crippen LogP contribution >= 0.6 is 0 Å². The molecule has 2 N–H and O–H groups in total. The van der Waals surface area contributed by atoms with Crippen LogP contribution in [0.2, 0.25) is 0 Å². The number of benzene rings is 1. The van der Waals surface area contributed by atoms with Crippen LogP contribution in [-0.2, 0) is 12.4 Å². The van der Waals surface area contributed by atoms with Gasteiger partial charge in [-0.1, -0.05) is 0 Å². The molecule has 1 saturated heterocycles. The molecule has 0 amide bonds. The van der Waals surface area contributed by atoms with Crippen molar-refractivity contribution in [2.45, 2.75) is 24.3 Å². The molecule has 1 aliphatic heterocycles. The number of nitrogens with zero attached hydrogens (tertiary/aromatic N) is 1. The van der Waals surface area contributed by atoms with Crippen molar-refractivity contribution in [3.63, 3.8) is 0 Å². The lowest BCUT2D eigenvalue weighted by atomic mass is 9.94. The Labute approximate surface area is 143 Å². The van der Waals surface area contributed by atoms with Gasteiger partial charge >= 0.3 is 12.4 Å². The van der Waals surface area contributed by atoms with Crippen LogP contribution in [0.4, 0.5) is 35.1 Å². The van der Waals surface area contributed by atoms with Crippen LogP contribution in [0.3, 0.4) is 0 Å². The molecule has 11 heteroatoms. The molecule has 1 aliphatic rings. The van der Waals surface area contributed by atoms with Gasteiger partial charge in [-0.3, -0.25) is 4.90 Å². The van der Waals surface area contributed by atoms with Gasteiger partial charge in [-0.05, 0) is 23.8 Å². The Morgan fingerprint density at radius 3 is 1.73 bits per heavy atom. The van der Waals surface area contributed by atoms with E-state index in [1.165, 1.54) is 0 Å². The van der Waals surface area contributed by atoms with Gasteiger partial charge < -0.3 is 10.4 Å². The van der Waals surface area contributed by atoms with Crippen molar-refractivity contribution in [3.05, 3.63) is 34.9 Å². The smallest absolute Gasteiger partial charge is 0.390 e. The van der Waals surface area contributed by atoms with Crippen molar-refractivity contribution in [2.75, 3.05) is 32.8 Å². The summed E-state index contributed by atoms with van der Waals surface area (Å²) in [6.45, 7) is -1.26. The maximum Gasteiger partial charge on any atom is 0.416 e. The van der Waals surface area contributed by atoms with Crippen LogP contribution in [0.15, 0.2) is 18.2 Å². The van der Waals surface area contributed by atoms with E-state index >= 15 is 0 Å². The molecule has 1 aromatic rings. The third kappa shape index (κ3) is 4.63. The molecule has 0 aromatic heterocycles. The predicted octanol–water partition coefficient (Wildman–Crippen LogP) is 3.30. The fourth-order valence-corrected chi connectivity index (χ4v) is 2.89. The van der Waals surface area contributed by atoms with E-state index in [9.17, 15) is 35.1 Å². The normalized spacial score (nSPS) is 18.8. The number of nitrogens with one attached hydrogen (secondary N) is 1. The Balaban J connectivity index is 2.62. The van der Waals surface area contributed by atoms with Crippen LogP contribution in [0.25, 0.3) is 0 Å². The first-order valence-electron chi connectivity index (χ1n) is 7.59. The van der Waals surface area contributed by atoms with E-state index in [2.05, 4.69) is 5.32 Å². The van der Waals surface area contributed by atoms with E-state index in [0.717, 1.165) is 4.90 Å². The standard InChI is InChI=1S/C15H16F8N2O/c16-13(17,8-26)12(25-3-1-24-2-4-25)9-5-10(14(18,19)20)7-11(6-9)15(21,22)23/h5-7,12,24,26H,1-4,8H2/t12-/m1/s1. The summed E-state index contributed by atoms with van der Waals surface area (Å²) in [5.41, 5.74) is -4.18. The number of halogens is 8. The molecule has 26 heavy (non-hydrogen) atoms. The topological polar surface area (TPSA) is 35.5 Å². The Morgan fingerprint density at radius 2 is 1.35 bits per heavy atom. The third-order valence-electron chi connectivity index (χ3n) is 4.05. The molecular weight excluding hydrogens is 376 g/mol. The molecule has 2 rings (SSSR count). The van der Waals surface area contributed by atoms with Crippen molar-refractivity contribution >= 4 is 0 Å². The average Bonchev–Trinajstić information content (AvgIpc) is 2.54. The molecule has 1 heterocycles. The van der Waals surface area contributed by atoms with Crippen molar-refractivity contribution in [1.82, 2.24) is 10.2 Å². The maximum absolute atomic E-state index is 14.3. The second-order valence-corrected chi connectivity index (χ2v) is 5.95. The van der Waals surface area contributed by atoms with Gasteiger partial charge in [0.05, 0.1) is 11.1 Å². The van der Waals surface area contributed by atoms with Crippen molar-refractivity contribution in [3.8, 4) is 0 Å². The zero-order chi connectivity index (χ0) is 19.8. The molecule has 1 aromatic carbocycles. The molecular formula is C15H16F8N2O. The van der Waals surface area contributed by atoms with Crippen molar-refractivity contribution in [1.29, 1.82) is 0 Å². The average molecular weight is 392 g/mol. The number of hydrogen-bond donors (Lipinski definition) is 2. The fraction of sp³-hybridized carbons (Fsp3) is 0.600. The highest BCUT2D eigenvalue weighted by molar-refractivity contribution is 5.36. The summed E-state index contributed by atoms with van der Waals surface area (Å²) >= 11 is 0. The number of aliphatic hydroxyl groups excluding tert-OH is 1. The third-order valence-corrected chi connectivity index (χ3v) is 4.05. The van der Waals surface area contributed by atoms with Gasteiger partial charge in [0, 0.05) is 26.2 Å². The Hall–Kier alpha value is -1.46. The molecule has 0 bridgehead atoms. The van der Waals surface area contributed by atoms with Crippen molar-refractivity contribution in [2.24, 2.45) is 0 Å². The van der Waals surface area contributed by atoms with Gasteiger partial charge in [0.25, 0.3) is 5.92 Å². The van der Waals surface area contributed by atoms with Crippen LogP contribution in [0.5, 0.6) is 0 Å². The summed E-state index contributed by atoms with van der Waals surface area (Å²) in [4.78, 5) is 1.07. The minimum atomic E-state index is -5.14.